The molecule has 0 nitrogen and oxygen atoms in total. The smallest absolute Gasteiger partial charge is 0.0352 e. The second kappa shape index (κ2) is 11.5. The third-order valence-electron chi connectivity index (χ3n) is 3.87. The van der Waals surface area contributed by atoms with Crippen LogP contribution >= 0.6 is 0 Å². The minimum absolute atomic E-state index is 1.24. The van der Waals surface area contributed by atoms with Crippen LogP contribution < -0.4 is 0 Å². The zero-order valence-electron chi connectivity index (χ0n) is 13.1. The maximum Gasteiger partial charge on any atom is -0.0352 e. The monoisotopic (exact) mass is 228 g/mol. The van der Waals surface area contributed by atoms with E-state index in [9.17, 15) is 0 Å². The van der Waals surface area contributed by atoms with Crippen molar-refractivity contribution in [3.05, 3.63) is 0 Å². The largest absolute Gasteiger partial charge is 0.0683 e. The van der Waals surface area contributed by atoms with Crippen LogP contribution in [0.25, 0.3) is 0 Å². The van der Waals surface area contributed by atoms with E-state index in [1.165, 1.54) is 23.7 Å². The molecule has 3 fully saturated rings. The lowest BCUT2D eigenvalue weighted by Crippen LogP contribution is -2.58. The van der Waals surface area contributed by atoms with E-state index in [1.54, 1.807) is 25.7 Å². The summed E-state index contributed by atoms with van der Waals surface area (Å²) in [7, 11) is 0. The van der Waals surface area contributed by atoms with Crippen molar-refractivity contribution >= 4 is 0 Å². The van der Waals surface area contributed by atoms with Crippen LogP contribution in [0.4, 0.5) is 0 Å². The first-order valence-corrected chi connectivity index (χ1v) is 7.97. The molecule has 16 heavy (non-hydrogen) atoms. The molecule has 0 saturated heterocycles. The second-order valence-electron chi connectivity index (χ2n) is 3.81. The Labute approximate surface area is 105 Å². The van der Waals surface area contributed by atoms with Gasteiger partial charge in [-0.25, -0.2) is 0 Å². The SMILES string of the molecule is C1CC2C1C1CCC21.CC.CC.CC.CC. The molecule has 0 heterocycles. The van der Waals surface area contributed by atoms with E-state index in [2.05, 4.69) is 0 Å². The molecule has 0 heteroatoms. The fraction of sp³-hybridized carbons (Fsp3) is 1.00. The van der Waals surface area contributed by atoms with E-state index in [1.807, 2.05) is 55.4 Å². The highest BCUT2D eigenvalue weighted by Gasteiger charge is 2.58. The summed E-state index contributed by atoms with van der Waals surface area (Å²) in [4.78, 5) is 0. The van der Waals surface area contributed by atoms with Crippen molar-refractivity contribution in [1.29, 1.82) is 0 Å². The maximum atomic E-state index is 2.00. The van der Waals surface area contributed by atoms with Crippen LogP contribution in [0.2, 0.25) is 0 Å². The van der Waals surface area contributed by atoms with Crippen LogP contribution in [0.3, 0.4) is 0 Å². The van der Waals surface area contributed by atoms with Gasteiger partial charge in [0.2, 0.25) is 0 Å². The quantitative estimate of drug-likeness (QED) is 0.466. The third-order valence-corrected chi connectivity index (χ3v) is 3.87. The van der Waals surface area contributed by atoms with Crippen LogP contribution in [-0.2, 0) is 0 Å². The van der Waals surface area contributed by atoms with Crippen molar-refractivity contribution in [3.8, 4) is 0 Å². The molecule has 0 aromatic heterocycles. The normalized spacial score (nSPS) is 34.5. The molecule has 3 rings (SSSR count). The van der Waals surface area contributed by atoms with Crippen molar-refractivity contribution in [2.45, 2.75) is 81.1 Å². The molecule has 3 saturated carbocycles. The van der Waals surface area contributed by atoms with Gasteiger partial charge in [0.25, 0.3) is 0 Å². The standard InChI is InChI=1S/C8H12.4C2H6/c1-2-6-5(1)7-3-4-8(6)7;4*1-2/h5-8H,1-4H2;4*1-2H3. The molecular weight excluding hydrogens is 192 g/mol. The van der Waals surface area contributed by atoms with Crippen LogP contribution in [0.15, 0.2) is 0 Å². The van der Waals surface area contributed by atoms with Crippen molar-refractivity contribution in [1.82, 2.24) is 0 Å². The van der Waals surface area contributed by atoms with Crippen LogP contribution in [-0.4, -0.2) is 0 Å². The van der Waals surface area contributed by atoms with Crippen LogP contribution in [0, 0.1) is 23.7 Å². The highest BCUT2D eigenvalue weighted by atomic mass is 14.6. The third kappa shape index (κ3) is 3.50. The van der Waals surface area contributed by atoms with E-state index in [4.69, 9.17) is 0 Å². The molecule has 0 spiro atoms. The molecule has 3 aliphatic rings. The summed E-state index contributed by atoms with van der Waals surface area (Å²) in [5.41, 5.74) is 0. The van der Waals surface area contributed by atoms with E-state index in [0.717, 1.165) is 0 Å². The maximum absolute atomic E-state index is 2.00. The highest BCUT2D eigenvalue weighted by Crippen LogP contribution is 2.66. The van der Waals surface area contributed by atoms with Crippen molar-refractivity contribution in [2.75, 3.05) is 0 Å². The van der Waals surface area contributed by atoms with E-state index >= 15 is 0 Å². The fourth-order valence-corrected chi connectivity index (χ4v) is 3.08. The summed E-state index contributed by atoms with van der Waals surface area (Å²) in [6, 6.07) is 0. The fourth-order valence-electron chi connectivity index (χ4n) is 3.08. The number of fused-ring (bicyclic) bond motifs is 4. The highest BCUT2D eigenvalue weighted by molar-refractivity contribution is 5.07. The Balaban J connectivity index is 0. The molecule has 100 valence electrons. The molecule has 0 N–H and O–H groups in total. The molecule has 0 amide bonds. The van der Waals surface area contributed by atoms with Gasteiger partial charge in [-0.2, -0.15) is 0 Å². The average Bonchev–Trinajstić information content (AvgIpc) is 2.39. The molecule has 0 unspecified atom stereocenters. The molecule has 3 aliphatic carbocycles. The lowest BCUT2D eigenvalue weighted by atomic mass is 9.39. The van der Waals surface area contributed by atoms with E-state index in [0.29, 0.717) is 0 Å². The topological polar surface area (TPSA) is 0 Å². The van der Waals surface area contributed by atoms with Crippen molar-refractivity contribution < 1.29 is 0 Å². The van der Waals surface area contributed by atoms with Gasteiger partial charge in [-0.15, -0.1) is 0 Å². The van der Waals surface area contributed by atoms with Gasteiger partial charge in [0, 0.05) is 0 Å². The Morgan fingerprint density at radius 1 is 0.375 bits per heavy atom. The summed E-state index contributed by atoms with van der Waals surface area (Å²) >= 11 is 0. The van der Waals surface area contributed by atoms with E-state index < -0.39 is 0 Å². The lowest BCUT2D eigenvalue weighted by molar-refractivity contribution is -0.165. The summed E-state index contributed by atoms with van der Waals surface area (Å²) in [6.45, 7) is 16.0. The van der Waals surface area contributed by atoms with Gasteiger partial charge in [0.1, 0.15) is 0 Å². The summed E-state index contributed by atoms with van der Waals surface area (Å²) in [5, 5.41) is 0. The average molecular weight is 228 g/mol. The Morgan fingerprint density at radius 2 is 0.500 bits per heavy atom. The zero-order valence-corrected chi connectivity index (χ0v) is 13.1. The Bertz CT molecular complexity index is 88.0. The van der Waals surface area contributed by atoms with E-state index in [-0.39, 0.29) is 0 Å². The summed E-state index contributed by atoms with van der Waals surface area (Å²) < 4.78 is 0. The van der Waals surface area contributed by atoms with Gasteiger partial charge in [0.05, 0.1) is 0 Å². The van der Waals surface area contributed by atoms with Crippen LogP contribution in [0.1, 0.15) is 81.1 Å². The second-order valence-corrected chi connectivity index (χ2v) is 3.81. The van der Waals surface area contributed by atoms with Gasteiger partial charge >= 0.3 is 0 Å². The van der Waals surface area contributed by atoms with Gasteiger partial charge in [-0.1, -0.05) is 55.4 Å². The molecule has 0 aliphatic heterocycles. The Hall–Kier alpha value is 0. The first-order chi connectivity index (χ1) is 7.97. The number of hydrogen-bond donors (Lipinski definition) is 0. The molecule has 0 radical (unpaired) electrons. The Morgan fingerprint density at radius 3 is 0.562 bits per heavy atom. The predicted molar refractivity (Wildman–Crippen MR) is 77.8 cm³/mol. The van der Waals surface area contributed by atoms with Crippen molar-refractivity contribution in [3.63, 3.8) is 0 Å². The lowest BCUT2D eigenvalue weighted by Gasteiger charge is -2.66. The minimum Gasteiger partial charge on any atom is -0.0683 e. The number of rotatable bonds is 0. The first kappa shape index (κ1) is 18.4. The van der Waals surface area contributed by atoms with Crippen LogP contribution in [0.5, 0.6) is 0 Å². The molecule has 0 atom stereocenters. The molecule has 0 aromatic carbocycles. The first-order valence-electron chi connectivity index (χ1n) is 7.97. The Kier molecular flexibility index (Phi) is 13.2. The number of hydrogen-bond acceptors (Lipinski definition) is 0. The van der Waals surface area contributed by atoms with Crippen molar-refractivity contribution in [2.24, 2.45) is 23.7 Å². The summed E-state index contributed by atoms with van der Waals surface area (Å²) in [6.07, 6.45) is 6.36. The minimum atomic E-state index is 1.24. The van der Waals surface area contributed by atoms with Gasteiger partial charge in [-0.3, -0.25) is 0 Å². The molecule has 0 bridgehead atoms. The zero-order chi connectivity index (χ0) is 13.1. The predicted octanol–water partition coefficient (Wildman–Crippen LogP) is 6.16. The van der Waals surface area contributed by atoms with Gasteiger partial charge in [-0.05, 0) is 49.4 Å². The van der Waals surface area contributed by atoms with Gasteiger partial charge < -0.3 is 0 Å². The summed E-state index contributed by atoms with van der Waals surface area (Å²) in [5.74, 6) is 4.98. The van der Waals surface area contributed by atoms with Gasteiger partial charge in [0.15, 0.2) is 0 Å². The molecule has 0 aromatic rings. The molecular formula is C16H36.